The van der Waals surface area contributed by atoms with Crippen molar-refractivity contribution in [1.82, 2.24) is 4.90 Å². The van der Waals surface area contributed by atoms with E-state index in [0.717, 1.165) is 35.9 Å². The van der Waals surface area contributed by atoms with Gasteiger partial charge >= 0.3 is 0 Å². The van der Waals surface area contributed by atoms with E-state index in [2.05, 4.69) is 81.1 Å². The molecule has 0 aliphatic carbocycles. The van der Waals surface area contributed by atoms with E-state index in [9.17, 15) is 5.11 Å². The van der Waals surface area contributed by atoms with Crippen LogP contribution in [-0.2, 0) is 0 Å². The number of hydrogen-bond acceptors (Lipinski definition) is 5. The maximum Gasteiger partial charge on any atom is 0.127 e. The molecule has 1 heterocycles. The molecule has 1 aliphatic rings. The Labute approximate surface area is 215 Å². The third-order valence-electron chi connectivity index (χ3n) is 7.21. The Morgan fingerprint density at radius 3 is 2.22 bits per heavy atom. The number of likely N-dealkylation sites (N-methyl/N-ethyl adjacent to an activating group) is 1. The van der Waals surface area contributed by atoms with Crippen LogP contribution >= 0.6 is 0 Å². The Balaban J connectivity index is 1.63. The number of fused-ring (bicyclic) bond motifs is 1. The van der Waals surface area contributed by atoms with E-state index in [-0.39, 0.29) is 18.4 Å². The van der Waals surface area contributed by atoms with Gasteiger partial charge in [-0.1, -0.05) is 62.4 Å². The molecule has 0 bridgehead atoms. The molecular weight excluding hydrogens is 450 g/mol. The fraction of sp³-hybridized carbons (Fsp3) is 0.419. The first kappa shape index (κ1) is 26.1. The lowest BCUT2D eigenvalue weighted by Gasteiger charge is -2.45. The van der Waals surface area contributed by atoms with Crippen molar-refractivity contribution >= 4 is 0 Å². The molecule has 0 fully saturated rings. The monoisotopic (exact) mass is 489 g/mol. The summed E-state index contributed by atoms with van der Waals surface area (Å²) in [5.41, 5.74) is 3.15. The lowest BCUT2D eigenvalue weighted by molar-refractivity contribution is 0.0527. The summed E-state index contributed by atoms with van der Waals surface area (Å²) in [6.45, 7) is 11.2. The van der Waals surface area contributed by atoms with Crippen LogP contribution in [0, 0.1) is 0 Å². The minimum atomic E-state index is -0.523. The molecule has 3 atom stereocenters. The summed E-state index contributed by atoms with van der Waals surface area (Å²) in [4.78, 5) is 2.19. The van der Waals surface area contributed by atoms with Crippen LogP contribution in [0.2, 0.25) is 0 Å². The predicted octanol–water partition coefficient (Wildman–Crippen LogP) is 5.86. The zero-order valence-corrected chi connectivity index (χ0v) is 22.1. The quantitative estimate of drug-likeness (QED) is 0.386. The normalized spacial score (nSPS) is 19.3. The molecule has 0 saturated carbocycles. The summed E-state index contributed by atoms with van der Waals surface area (Å²) in [6.07, 6.45) is -0.523. The summed E-state index contributed by atoms with van der Waals surface area (Å²) in [6, 6.07) is 25.0. The second-order valence-electron chi connectivity index (χ2n) is 10.00. The Morgan fingerprint density at radius 1 is 0.917 bits per heavy atom. The van der Waals surface area contributed by atoms with Crippen LogP contribution in [-0.4, -0.2) is 55.1 Å². The van der Waals surface area contributed by atoms with Crippen LogP contribution in [0.15, 0.2) is 72.8 Å². The zero-order valence-electron chi connectivity index (χ0n) is 22.1. The molecule has 1 aliphatic heterocycles. The van der Waals surface area contributed by atoms with Crippen LogP contribution in [0.3, 0.4) is 0 Å². The molecular formula is C31H39NO4. The molecule has 192 valence electrons. The number of aliphatic hydroxyl groups excluding tert-OH is 1. The van der Waals surface area contributed by atoms with E-state index in [1.807, 2.05) is 24.3 Å². The van der Waals surface area contributed by atoms with Gasteiger partial charge in [-0.15, -0.1) is 0 Å². The number of hydrogen-bond donors (Lipinski definition) is 1. The molecule has 5 nitrogen and oxygen atoms in total. The topological polar surface area (TPSA) is 51.2 Å². The average Bonchev–Trinajstić information content (AvgIpc) is 2.89. The second kappa shape index (κ2) is 11.4. The molecule has 3 aromatic carbocycles. The number of aliphatic hydroxyl groups is 1. The number of methoxy groups -OCH3 is 1. The Bertz CT molecular complexity index is 1110. The third-order valence-corrected chi connectivity index (χ3v) is 7.21. The molecule has 36 heavy (non-hydrogen) atoms. The van der Waals surface area contributed by atoms with Gasteiger partial charge in [-0.2, -0.15) is 0 Å². The van der Waals surface area contributed by atoms with Crippen molar-refractivity contribution in [3.05, 3.63) is 89.5 Å². The first-order valence-electron chi connectivity index (χ1n) is 12.9. The van der Waals surface area contributed by atoms with Gasteiger partial charge < -0.3 is 24.2 Å². The lowest BCUT2D eigenvalue weighted by Crippen LogP contribution is -2.43. The first-order chi connectivity index (χ1) is 17.4. The molecule has 0 amide bonds. The fourth-order valence-corrected chi connectivity index (χ4v) is 5.34. The van der Waals surface area contributed by atoms with Crippen LogP contribution in [0.1, 0.15) is 56.2 Å². The fourth-order valence-electron chi connectivity index (χ4n) is 5.34. The van der Waals surface area contributed by atoms with Crippen LogP contribution < -0.4 is 14.2 Å². The van der Waals surface area contributed by atoms with E-state index in [1.165, 1.54) is 11.1 Å². The minimum absolute atomic E-state index is 0.0966. The highest BCUT2D eigenvalue weighted by atomic mass is 16.5. The molecule has 4 rings (SSSR count). The number of benzene rings is 3. The van der Waals surface area contributed by atoms with E-state index >= 15 is 0 Å². The van der Waals surface area contributed by atoms with E-state index in [1.54, 1.807) is 7.11 Å². The van der Waals surface area contributed by atoms with Gasteiger partial charge in [-0.25, -0.2) is 0 Å². The molecule has 3 aromatic rings. The Kier molecular flexibility index (Phi) is 8.22. The van der Waals surface area contributed by atoms with Crippen molar-refractivity contribution in [2.45, 2.75) is 51.2 Å². The molecule has 0 aromatic heterocycles. The number of nitrogens with zero attached hydrogens (tertiary/aromatic N) is 1. The van der Waals surface area contributed by atoms with Crippen LogP contribution in [0.25, 0.3) is 0 Å². The van der Waals surface area contributed by atoms with Gasteiger partial charge in [0.15, 0.2) is 0 Å². The first-order valence-corrected chi connectivity index (χ1v) is 12.9. The average molecular weight is 490 g/mol. The van der Waals surface area contributed by atoms with Crippen LogP contribution in [0.4, 0.5) is 0 Å². The SMILES string of the molecule is CCN(CC)C[C@H](O)COc1ccc([C@@H]2c3ccc(OC)cc3OC(C)(C)[C@H]2c2ccccc2)cc1. The highest BCUT2D eigenvalue weighted by molar-refractivity contribution is 5.52. The van der Waals surface area contributed by atoms with Gasteiger partial charge in [-0.3, -0.25) is 0 Å². The molecule has 0 radical (unpaired) electrons. The summed E-state index contributed by atoms with van der Waals surface area (Å²) < 4.78 is 18.0. The predicted molar refractivity (Wildman–Crippen MR) is 144 cm³/mol. The van der Waals surface area contributed by atoms with Crippen molar-refractivity contribution in [3.63, 3.8) is 0 Å². The third kappa shape index (κ3) is 5.69. The highest BCUT2D eigenvalue weighted by Gasteiger charge is 2.45. The molecule has 5 heteroatoms. The highest BCUT2D eigenvalue weighted by Crippen LogP contribution is 2.53. The van der Waals surface area contributed by atoms with E-state index < -0.39 is 11.7 Å². The summed E-state index contributed by atoms with van der Waals surface area (Å²) in [5, 5.41) is 10.4. The van der Waals surface area contributed by atoms with Crippen molar-refractivity contribution < 1.29 is 19.3 Å². The van der Waals surface area contributed by atoms with Crippen molar-refractivity contribution in [3.8, 4) is 17.2 Å². The van der Waals surface area contributed by atoms with Gasteiger partial charge in [0.25, 0.3) is 0 Å². The molecule has 0 saturated heterocycles. The summed E-state index contributed by atoms with van der Waals surface area (Å²) in [5.74, 6) is 2.61. The number of rotatable bonds is 10. The van der Waals surface area contributed by atoms with E-state index in [0.29, 0.717) is 6.54 Å². The van der Waals surface area contributed by atoms with Gasteiger partial charge in [-0.05, 0) is 56.3 Å². The maximum atomic E-state index is 10.4. The van der Waals surface area contributed by atoms with Gasteiger partial charge in [0.1, 0.15) is 35.6 Å². The van der Waals surface area contributed by atoms with Crippen molar-refractivity contribution in [2.24, 2.45) is 0 Å². The van der Waals surface area contributed by atoms with Crippen molar-refractivity contribution in [2.75, 3.05) is 33.4 Å². The summed E-state index contributed by atoms with van der Waals surface area (Å²) >= 11 is 0. The second-order valence-corrected chi connectivity index (χ2v) is 10.00. The van der Waals surface area contributed by atoms with Crippen molar-refractivity contribution in [1.29, 1.82) is 0 Å². The summed E-state index contributed by atoms with van der Waals surface area (Å²) in [7, 11) is 1.68. The molecule has 0 unspecified atom stereocenters. The largest absolute Gasteiger partial charge is 0.497 e. The number of ether oxygens (including phenoxy) is 3. The molecule has 1 N–H and O–H groups in total. The van der Waals surface area contributed by atoms with Gasteiger partial charge in [0, 0.05) is 30.0 Å². The minimum Gasteiger partial charge on any atom is -0.497 e. The van der Waals surface area contributed by atoms with Gasteiger partial charge in [0.05, 0.1) is 7.11 Å². The standard InChI is InChI=1S/C31H39NO4/c1-6-32(7-2)20-24(33)21-35-25-15-13-22(14-16-25)29-27-18-17-26(34-5)19-28(27)36-31(3,4)30(29)23-11-9-8-10-12-23/h8-19,24,29-30,33H,6-7,20-21H2,1-5H3/t24-,29+,30-/m0/s1. The lowest BCUT2D eigenvalue weighted by atomic mass is 9.68. The zero-order chi connectivity index (χ0) is 25.7. The van der Waals surface area contributed by atoms with Gasteiger partial charge in [0.2, 0.25) is 0 Å². The maximum absolute atomic E-state index is 10.4. The Hall–Kier alpha value is -3.02. The van der Waals surface area contributed by atoms with E-state index in [4.69, 9.17) is 14.2 Å². The van der Waals surface area contributed by atoms with Crippen LogP contribution in [0.5, 0.6) is 17.2 Å². The molecule has 0 spiro atoms. The Morgan fingerprint density at radius 2 is 1.58 bits per heavy atom. The smallest absolute Gasteiger partial charge is 0.127 e.